The van der Waals surface area contributed by atoms with Crippen LogP contribution in [-0.4, -0.2) is 16.8 Å². The minimum atomic E-state index is -1.10. The molecule has 0 radical (unpaired) electrons. The van der Waals surface area contributed by atoms with Gasteiger partial charge in [0.2, 0.25) is 5.78 Å². The highest BCUT2D eigenvalue weighted by atomic mass is 19.1. The first-order chi connectivity index (χ1) is 10.5. The van der Waals surface area contributed by atoms with Crippen LogP contribution in [0.2, 0.25) is 0 Å². The number of benzene rings is 2. The van der Waals surface area contributed by atoms with E-state index in [1.807, 2.05) is 0 Å². The molecule has 2 aromatic rings. The number of carbonyl (C=O) groups excluding carboxylic acids is 2. The number of anilines is 1. The SMILES string of the molecule is O=C(/C=C(\O)c1ccc(F)cc1)C(=O)Nc1ccccc1F. The van der Waals surface area contributed by atoms with Crippen molar-refractivity contribution in [1.82, 2.24) is 0 Å². The van der Waals surface area contributed by atoms with Crippen molar-refractivity contribution >= 4 is 23.1 Å². The third-order valence-electron chi connectivity index (χ3n) is 2.75. The van der Waals surface area contributed by atoms with Gasteiger partial charge in [0.25, 0.3) is 5.91 Å². The van der Waals surface area contributed by atoms with Crippen LogP contribution in [0.3, 0.4) is 0 Å². The zero-order valence-electron chi connectivity index (χ0n) is 11.2. The highest BCUT2D eigenvalue weighted by Crippen LogP contribution is 2.14. The Bertz CT molecular complexity index is 739. The fourth-order valence-corrected chi connectivity index (χ4v) is 1.64. The average molecular weight is 303 g/mol. The van der Waals surface area contributed by atoms with Crippen LogP contribution >= 0.6 is 0 Å². The Kier molecular flexibility index (Phi) is 4.63. The van der Waals surface area contributed by atoms with E-state index in [1.165, 1.54) is 30.3 Å². The number of para-hydroxylation sites is 1. The number of carbonyl (C=O) groups is 2. The summed E-state index contributed by atoms with van der Waals surface area (Å²) in [7, 11) is 0. The summed E-state index contributed by atoms with van der Waals surface area (Å²) in [5.41, 5.74) is 0.0314. The van der Waals surface area contributed by atoms with Crippen molar-refractivity contribution in [2.24, 2.45) is 0 Å². The Hall–Kier alpha value is -3.02. The molecule has 1 amide bonds. The van der Waals surface area contributed by atoms with Crippen LogP contribution in [-0.2, 0) is 9.59 Å². The normalized spacial score (nSPS) is 11.1. The third-order valence-corrected chi connectivity index (χ3v) is 2.75. The molecule has 0 aliphatic rings. The third kappa shape index (κ3) is 3.76. The van der Waals surface area contributed by atoms with E-state index in [0.29, 0.717) is 6.08 Å². The predicted molar refractivity (Wildman–Crippen MR) is 77.0 cm³/mol. The summed E-state index contributed by atoms with van der Waals surface area (Å²) in [5.74, 6) is -3.84. The average Bonchev–Trinajstić information content (AvgIpc) is 2.50. The number of nitrogens with one attached hydrogen (secondary N) is 1. The summed E-state index contributed by atoms with van der Waals surface area (Å²) in [6.07, 6.45) is 0.684. The van der Waals surface area contributed by atoms with E-state index in [9.17, 15) is 23.5 Å². The number of ketones is 1. The Morgan fingerprint density at radius 2 is 1.64 bits per heavy atom. The van der Waals surface area contributed by atoms with Crippen molar-refractivity contribution in [2.45, 2.75) is 0 Å². The molecule has 0 fully saturated rings. The van der Waals surface area contributed by atoms with Crippen LogP contribution in [0.25, 0.3) is 5.76 Å². The predicted octanol–water partition coefficient (Wildman–Crippen LogP) is 3.07. The van der Waals surface area contributed by atoms with Crippen molar-refractivity contribution < 1.29 is 23.5 Å². The van der Waals surface area contributed by atoms with Crippen LogP contribution in [0.5, 0.6) is 0 Å². The lowest BCUT2D eigenvalue weighted by Gasteiger charge is -2.04. The molecule has 2 N–H and O–H groups in total. The first-order valence-corrected chi connectivity index (χ1v) is 6.24. The largest absolute Gasteiger partial charge is 0.507 e. The molecule has 0 saturated heterocycles. The summed E-state index contributed by atoms with van der Waals surface area (Å²) in [6.45, 7) is 0. The first kappa shape index (κ1) is 15.4. The number of rotatable bonds is 4. The molecule has 0 saturated carbocycles. The minimum Gasteiger partial charge on any atom is -0.507 e. The van der Waals surface area contributed by atoms with E-state index in [2.05, 4.69) is 5.32 Å². The van der Waals surface area contributed by atoms with Crippen LogP contribution in [0.15, 0.2) is 54.6 Å². The lowest BCUT2D eigenvalue weighted by molar-refractivity contribution is -0.132. The van der Waals surface area contributed by atoms with Crippen molar-refractivity contribution in [3.05, 3.63) is 71.8 Å². The molecular formula is C16H11F2NO3. The summed E-state index contributed by atoms with van der Waals surface area (Å²) in [5, 5.41) is 11.8. The van der Waals surface area contributed by atoms with Gasteiger partial charge < -0.3 is 10.4 Å². The van der Waals surface area contributed by atoms with E-state index >= 15 is 0 Å². The van der Waals surface area contributed by atoms with E-state index in [-0.39, 0.29) is 11.3 Å². The smallest absolute Gasteiger partial charge is 0.296 e. The molecule has 0 bridgehead atoms. The Labute approximate surface area is 124 Å². The monoisotopic (exact) mass is 303 g/mol. The van der Waals surface area contributed by atoms with Gasteiger partial charge in [-0.2, -0.15) is 0 Å². The van der Waals surface area contributed by atoms with E-state index in [1.54, 1.807) is 0 Å². The standard InChI is InChI=1S/C16H11F2NO3/c17-11-7-5-10(6-8-11)14(20)9-15(21)16(22)19-13-4-2-1-3-12(13)18/h1-9,20H,(H,19,22)/b14-9-. The Balaban J connectivity index is 2.11. The maximum Gasteiger partial charge on any atom is 0.296 e. The maximum atomic E-state index is 13.4. The van der Waals surface area contributed by atoms with Gasteiger partial charge in [-0.15, -0.1) is 0 Å². The lowest BCUT2D eigenvalue weighted by atomic mass is 10.1. The number of amides is 1. The molecule has 4 nitrogen and oxygen atoms in total. The topological polar surface area (TPSA) is 66.4 Å². The van der Waals surface area contributed by atoms with Crippen molar-refractivity contribution in [3.63, 3.8) is 0 Å². The summed E-state index contributed by atoms with van der Waals surface area (Å²) >= 11 is 0. The minimum absolute atomic E-state index is 0.143. The molecule has 0 aliphatic carbocycles. The van der Waals surface area contributed by atoms with Gasteiger partial charge in [-0.25, -0.2) is 8.78 Å². The van der Waals surface area contributed by atoms with E-state index in [0.717, 1.165) is 18.2 Å². The second kappa shape index (κ2) is 6.62. The second-order valence-electron chi connectivity index (χ2n) is 4.33. The van der Waals surface area contributed by atoms with Crippen molar-refractivity contribution in [1.29, 1.82) is 0 Å². The number of halogens is 2. The lowest BCUT2D eigenvalue weighted by Crippen LogP contribution is -2.21. The van der Waals surface area contributed by atoms with Gasteiger partial charge in [-0.3, -0.25) is 9.59 Å². The molecule has 112 valence electrons. The van der Waals surface area contributed by atoms with Gasteiger partial charge in [0.15, 0.2) is 0 Å². The zero-order chi connectivity index (χ0) is 16.1. The van der Waals surface area contributed by atoms with Gasteiger partial charge in [-0.05, 0) is 36.4 Å². The van der Waals surface area contributed by atoms with Gasteiger partial charge in [0.1, 0.15) is 17.4 Å². The van der Waals surface area contributed by atoms with Crippen molar-refractivity contribution in [2.75, 3.05) is 5.32 Å². The highest BCUT2D eigenvalue weighted by molar-refractivity contribution is 6.45. The fraction of sp³-hybridized carbons (Fsp3) is 0. The first-order valence-electron chi connectivity index (χ1n) is 6.24. The Morgan fingerprint density at radius 3 is 2.27 bits per heavy atom. The molecular weight excluding hydrogens is 292 g/mol. The van der Waals surface area contributed by atoms with Crippen LogP contribution in [0.4, 0.5) is 14.5 Å². The van der Waals surface area contributed by atoms with Gasteiger partial charge >= 0.3 is 0 Å². The quantitative estimate of drug-likeness (QED) is 0.518. The van der Waals surface area contributed by atoms with Gasteiger partial charge in [0, 0.05) is 11.6 Å². The van der Waals surface area contributed by atoms with Gasteiger partial charge in [-0.1, -0.05) is 12.1 Å². The summed E-state index contributed by atoms with van der Waals surface area (Å²) < 4.78 is 26.1. The van der Waals surface area contributed by atoms with Crippen LogP contribution < -0.4 is 5.32 Å². The number of hydrogen-bond donors (Lipinski definition) is 2. The summed E-state index contributed by atoms with van der Waals surface area (Å²) in [4.78, 5) is 23.3. The maximum absolute atomic E-state index is 13.4. The van der Waals surface area contributed by atoms with Crippen LogP contribution in [0.1, 0.15) is 5.56 Å². The molecule has 0 aromatic heterocycles. The zero-order valence-corrected chi connectivity index (χ0v) is 11.2. The number of hydrogen-bond acceptors (Lipinski definition) is 3. The fourth-order valence-electron chi connectivity index (χ4n) is 1.64. The molecule has 0 unspecified atom stereocenters. The Morgan fingerprint density at radius 1 is 1.00 bits per heavy atom. The number of aliphatic hydroxyl groups is 1. The van der Waals surface area contributed by atoms with Gasteiger partial charge in [0.05, 0.1) is 5.69 Å². The molecule has 0 spiro atoms. The molecule has 2 aromatic carbocycles. The molecule has 2 rings (SSSR count). The van der Waals surface area contributed by atoms with Crippen LogP contribution in [0, 0.1) is 11.6 Å². The molecule has 22 heavy (non-hydrogen) atoms. The molecule has 6 heteroatoms. The number of aliphatic hydroxyl groups excluding tert-OH is 1. The van der Waals surface area contributed by atoms with Crippen molar-refractivity contribution in [3.8, 4) is 0 Å². The molecule has 0 aliphatic heterocycles. The molecule has 0 heterocycles. The molecule has 0 atom stereocenters. The summed E-state index contributed by atoms with van der Waals surface area (Å²) in [6, 6.07) is 10.1. The highest BCUT2D eigenvalue weighted by Gasteiger charge is 2.14. The second-order valence-corrected chi connectivity index (χ2v) is 4.33. The van der Waals surface area contributed by atoms with E-state index < -0.39 is 29.1 Å². The van der Waals surface area contributed by atoms with E-state index in [4.69, 9.17) is 0 Å².